The van der Waals surface area contributed by atoms with Gasteiger partial charge in [-0.25, -0.2) is 4.85 Å². The number of rotatable bonds is 3. The molecule has 0 spiro atoms. The highest BCUT2D eigenvalue weighted by Crippen LogP contribution is 2.49. The number of hydrogen-bond donors (Lipinski definition) is 0. The van der Waals surface area contributed by atoms with Gasteiger partial charge < -0.3 is 4.57 Å². The zero-order chi connectivity index (χ0) is 31.1. The Morgan fingerprint density at radius 1 is 0.468 bits per heavy atom. The molecule has 0 radical (unpaired) electrons. The average Bonchev–Trinajstić information content (AvgIpc) is 3.81. The number of fused-ring (bicyclic) bond motifs is 9. The van der Waals surface area contributed by atoms with E-state index in [1.54, 1.807) is 11.3 Å². The molecule has 0 aliphatic carbocycles. The summed E-state index contributed by atoms with van der Waals surface area (Å²) in [6.45, 7) is 8.12. The van der Waals surface area contributed by atoms with Crippen LogP contribution >= 0.6 is 22.7 Å². The van der Waals surface area contributed by atoms with E-state index in [1.807, 2.05) is 17.4 Å². The molecule has 7 aromatic carbocycles. The van der Waals surface area contributed by atoms with Gasteiger partial charge in [0, 0.05) is 41.0 Å². The van der Waals surface area contributed by atoms with Crippen molar-refractivity contribution in [2.45, 2.75) is 0 Å². The first-order valence-electron chi connectivity index (χ1n) is 15.6. The van der Waals surface area contributed by atoms with Crippen LogP contribution < -0.4 is 0 Å². The lowest BCUT2D eigenvalue weighted by molar-refractivity contribution is 1.20. The minimum atomic E-state index is 0.702. The van der Waals surface area contributed by atoms with Crippen molar-refractivity contribution in [3.63, 3.8) is 0 Å². The molecule has 47 heavy (non-hydrogen) atoms. The van der Waals surface area contributed by atoms with Gasteiger partial charge in [0.2, 0.25) is 5.69 Å². The van der Waals surface area contributed by atoms with Crippen LogP contribution in [-0.2, 0) is 0 Å². The van der Waals surface area contributed by atoms with Crippen molar-refractivity contribution in [2.75, 3.05) is 0 Å². The molecule has 0 aliphatic rings. The van der Waals surface area contributed by atoms with Crippen LogP contribution in [0.15, 0.2) is 146 Å². The number of hydrogen-bond acceptors (Lipinski definition) is 2. The molecule has 3 aromatic heterocycles. The highest BCUT2D eigenvalue weighted by molar-refractivity contribution is 7.27. The van der Waals surface area contributed by atoms with Gasteiger partial charge in [0.15, 0.2) is 0 Å². The molecule has 3 heterocycles. The third-order valence-electron chi connectivity index (χ3n) is 9.44. The fourth-order valence-electron chi connectivity index (χ4n) is 7.40. The van der Waals surface area contributed by atoms with E-state index in [4.69, 9.17) is 6.57 Å². The van der Waals surface area contributed by atoms with E-state index >= 15 is 0 Å². The lowest BCUT2D eigenvalue weighted by Gasteiger charge is -2.11. The predicted octanol–water partition coefficient (Wildman–Crippen LogP) is 13.4. The maximum Gasteiger partial charge on any atom is 0.204 e. The molecule has 2 nitrogen and oxygen atoms in total. The Hall–Kier alpha value is -5.73. The van der Waals surface area contributed by atoms with Crippen LogP contribution in [0.5, 0.6) is 0 Å². The highest BCUT2D eigenvalue weighted by atomic mass is 32.1. The zero-order valence-electron chi connectivity index (χ0n) is 25.1. The molecule has 0 saturated heterocycles. The number of thiophene rings is 2. The van der Waals surface area contributed by atoms with Gasteiger partial charge >= 0.3 is 0 Å². The van der Waals surface area contributed by atoms with Crippen molar-refractivity contribution < 1.29 is 0 Å². The van der Waals surface area contributed by atoms with Crippen molar-refractivity contribution in [1.82, 2.24) is 4.57 Å². The van der Waals surface area contributed by atoms with Crippen LogP contribution in [-0.4, -0.2) is 4.57 Å². The summed E-state index contributed by atoms with van der Waals surface area (Å²) < 4.78 is 7.23. The van der Waals surface area contributed by atoms with Gasteiger partial charge in [0.1, 0.15) is 0 Å². The molecule has 0 atom stereocenters. The van der Waals surface area contributed by atoms with Crippen LogP contribution in [0.2, 0.25) is 0 Å². The predicted molar refractivity (Wildman–Crippen MR) is 204 cm³/mol. The summed E-state index contributed by atoms with van der Waals surface area (Å²) in [6.07, 6.45) is 0. The van der Waals surface area contributed by atoms with Crippen LogP contribution in [0, 0.1) is 6.57 Å². The first-order valence-corrected chi connectivity index (χ1v) is 17.3. The lowest BCUT2D eigenvalue weighted by Crippen LogP contribution is -1.93. The van der Waals surface area contributed by atoms with E-state index in [0.717, 1.165) is 15.8 Å². The summed E-state index contributed by atoms with van der Waals surface area (Å²) in [7, 11) is 0. The summed E-state index contributed by atoms with van der Waals surface area (Å²) in [4.78, 5) is 4.02. The van der Waals surface area contributed by atoms with E-state index in [2.05, 4.69) is 149 Å². The highest BCUT2D eigenvalue weighted by Gasteiger charge is 2.21. The maximum atomic E-state index is 8.12. The minimum Gasteiger partial charge on any atom is -0.308 e. The molecule has 10 rings (SSSR count). The first kappa shape index (κ1) is 26.5. The number of para-hydroxylation sites is 1. The molecule has 0 unspecified atom stereocenters. The Kier molecular flexibility index (Phi) is 5.71. The molecule has 0 bridgehead atoms. The molecule has 0 aliphatic heterocycles. The Morgan fingerprint density at radius 2 is 1.19 bits per heavy atom. The molecule has 218 valence electrons. The van der Waals surface area contributed by atoms with Crippen LogP contribution in [0.25, 0.3) is 94.9 Å². The van der Waals surface area contributed by atoms with Gasteiger partial charge in [0.05, 0.1) is 28.0 Å². The number of nitrogens with zero attached hydrogens (tertiary/aromatic N) is 2. The summed E-state index contributed by atoms with van der Waals surface area (Å²) >= 11 is 3.59. The van der Waals surface area contributed by atoms with Gasteiger partial charge in [0.25, 0.3) is 0 Å². The second-order valence-electron chi connectivity index (χ2n) is 11.9. The minimum absolute atomic E-state index is 0.702. The largest absolute Gasteiger partial charge is 0.308 e. The fraction of sp³-hybridized carbons (Fsp3) is 0. The van der Waals surface area contributed by atoms with E-state index in [-0.39, 0.29) is 0 Å². The standard InChI is InChI=1S/C43H24N2S2/c1-44-34-23-22-30(29-15-10-20-39-40(29)31-14-6-8-19-38(31)46-39)41-32-16-9-18-37(42(32)47-43(34)41)45-35-17-7-5-13-28(35)33-25-27(21-24-36(33)45)26-11-3-2-4-12-26/h2-25H. The molecule has 4 heteroatoms. The molecular weight excluding hydrogens is 609 g/mol. The van der Waals surface area contributed by atoms with Crippen molar-refractivity contribution in [2.24, 2.45) is 0 Å². The fourth-order valence-corrected chi connectivity index (χ4v) is 9.82. The summed E-state index contributed by atoms with van der Waals surface area (Å²) in [5.41, 5.74) is 9.02. The molecule has 0 saturated carbocycles. The Balaban J connectivity index is 1.29. The Labute approximate surface area is 278 Å². The van der Waals surface area contributed by atoms with E-state index < -0.39 is 0 Å². The van der Waals surface area contributed by atoms with Gasteiger partial charge in [-0.3, -0.25) is 0 Å². The average molecular weight is 633 g/mol. The summed E-state index contributed by atoms with van der Waals surface area (Å²) in [6, 6.07) is 52.3. The van der Waals surface area contributed by atoms with Crippen LogP contribution in [0.4, 0.5) is 5.69 Å². The number of benzene rings is 7. The normalized spacial score (nSPS) is 11.8. The third kappa shape index (κ3) is 3.82. The lowest BCUT2D eigenvalue weighted by atomic mass is 9.95. The van der Waals surface area contributed by atoms with Crippen LogP contribution in [0.1, 0.15) is 0 Å². The second-order valence-corrected chi connectivity index (χ2v) is 14.0. The van der Waals surface area contributed by atoms with Gasteiger partial charge in [-0.2, -0.15) is 0 Å². The molecular formula is C43H24N2S2. The van der Waals surface area contributed by atoms with Gasteiger partial charge in [-0.15, -0.1) is 22.7 Å². The van der Waals surface area contributed by atoms with E-state index in [1.165, 1.54) is 74.3 Å². The van der Waals surface area contributed by atoms with Gasteiger partial charge in [-0.1, -0.05) is 109 Å². The molecule has 0 N–H and O–H groups in total. The zero-order valence-corrected chi connectivity index (χ0v) is 26.7. The van der Waals surface area contributed by atoms with Crippen molar-refractivity contribution in [1.29, 1.82) is 0 Å². The van der Waals surface area contributed by atoms with Gasteiger partial charge in [-0.05, 0) is 64.0 Å². The topological polar surface area (TPSA) is 9.29 Å². The molecule has 0 fully saturated rings. The Bertz CT molecular complexity index is 2920. The van der Waals surface area contributed by atoms with Crippen molar-refractivity contribution >= 4 is 90.5 Å². The molecule has 10 aromatic rings. The van der Waals surface area contributed by atoms with E-state index in [0.29, 0.717) is 5.69 Å². The third-order valence-corrected chi connectivity index (χ3v) is 11.8. The SMILES string of the molecule is [C-]#[N+]c1ccc(-c2cccc3sc4ccccc4c23)c2c1sc1c(-n3c4ccccc4c4cc(-c5ccccc5)ccc43)cccc12. The van der Waals surface area contributed by atoms with Crippen LogP contribution in [0.3, 0.4) is 0 Å². The first-order chi connectivity index (χ1) is 23.3. The second kappa shape index (κ2) is 10.1. The monoisotopic (exact) mass is 632 g/mol. The van der Waals surface area contributed by atoms with E-state index in [9.17, 15) is 0 Å². The van der Waals surface area contributed by atoms with Crippen molar-refractivity contribution in [3.05, 3.63) is 157 Å². The number of aromatic nitrogens is 1. The quantitative estimate of drug-likeness (QED) is 0.171. The smallest absolute Gasteiger partial charge is 0.204 e. The Morgan fingerprint density at radius 3 is 2.09 bits per heavy atom. The summed E-state index contributed by atoms with van der Waals surface area (Å²) in [5.74, 6) is 0. The van der Waals surface area contributed by atoms with Crippen molar-refractivity contribution in [3.8, 4) is 27.9 Å². The summed E-state index contributed by atoms with van der Waals surface area (Å²) in [5, 5.41) is 7.39. The molecule has 0 amide bonds. The maximum absolute atomic E-state index is 8.12.